The van der Waals surface area contributed by atoms with Crippen LogP contribution in [0.2, 0.25) is 0 Å². The monoisotopic (exact) mass is 373 g/mol. The molecule has 0 radical (unpaired) electrons. The molecule has 0 atom stereocenters. The zero-order valence-corrected chi connectivity index (χ0v) is 14.9. The molecule has 0 unspecified atom stereocenters. The number of carbonyl (C=O) groups is 2. The van der Waals surface area contributed by atoms with Crippen LogP contribution in [0.25, 0.3) is 10.4 Å². The third kappa shape index (κ3) is 3.03. The Labute approximate surface area is 154 Å². The van der Waals surface area contributed by atoms with Crippen molar-refractivity contribution in [2.75, 3.05) is 13.2 Å². The van der Waals surface area contributed by atoms with E-state index in [0.717, 1.165) is 29.0 Å². The van der Waals surface area contributed by atoms with E-state index in [4.69, 9.17) is 9.47 Å². The number of ether oxygens (including phenoxy) is 2. The van der Waals surface area contributed by atoms with E-state index in [2.05, 4.69) is 5.32 Å². The van der Waals surface area contributed by atoms with Gasteiger partial charge >= 0.3 is 5.97 Å². The van der Waals surface area contributed by atoms with E-state index in [9.17, 15) is 14.7 Å². The highest BCUT2D eigenvalue weighted by Crippen LogP contribution is 2.37. The number of amides is 1. The Morgan fingerprint density at radius 1 is 1.04 bits per heavy atom. The maximum absolute atomic E-state index is 12.6. The summed E-state index contributed by atoms with van der Waals surface area (Å²) in [4.78, 5) is 25.6. The molecule has 0 spiro atoms. The number of thiophene rings is 1. The van der Waals surface area contributed by atoms with Crippen molar-refractivity contribution in [2.24, 2.45) is 0 Å². The third-order valence-corrected chi connectivity index (χ3v) is 6.01. The van der Waals surface area contributed by atoms with Crippen molar-refractivity contribution in [1.29, 1.82) is 0 Å². The lowest BCUT2D eigenvalue weighted by atomic mass is 9.98. The van der Waals surface area contributed by atoms with Gasteiger partial charge in [-0.05, 0) is 48.7 Å². The van der Waals surface area contributed by atoms with Crippen LogP contribution in [-0.4, -0.2) is 35.7 Å². The highest BCUT2D eigenvalue weighted by Gasteiger charge is 2.42. The predicted octanol–water partition coefficient (Wildman–Crippen LogP) is 3.31. The molecule has 4 rings (SSSR count). The number of fused-ring (bicyclic) bond motifs is 1. The topological polar surface area (TPSA) is 84.9 Å². The summed E-state index contributed by atoms with van der Waals surface area (Å²) in [5.74, 6) is 0.137. The molecule has 6 nitrogen and oxygen atoms in total. The van der Waals surface area contributed by atoms with E-state index >= 15 is 0 Å². The number of hydrogen-bond acceptors (Lipinski definition) is 5. The van der Waals surface area contributed by atoms with Gasteiger partial charge in [0.15, 0.2) is 11.5 Å². The summed E-state index contributed by atoms with van der Waals surface area (Å²) in [6.45, 7) is 1.06. The number of hydrogen-bond donors (Lipinski definition) is 2. The standard InChI is InChI=1S/C19H19NO5S/c21-17(20-19(18(22)23)7-1-2-8-19)16-6-5-15(26-16)12-3-4-13-14(11-12)25-10-9-24-13/h3-6,11H,1-2,7-10H2,(H,20,21)(H,22,23). The maximum atomic E-state index is 12.6. The van der Waals surface area contributed by atoms with Gasteiger partial charge in [-0.2, -0.15) is 0 Å². The Morgan fingerprint density at radius 3 is 2.50 bits per heavy atom. The molecule has 2 heterocycles. The first kappa shape index (κ1) is 16.9. The van der Waals surface area contributed by atoms with Gasteiger partial charge in [0, 0.05) is 4.88 Å². The summed E-state index contributed by atoms with van der Waals surface area (Å²) in [6, 6.07) is 9.29. The van der Waals surface area contributed by atoms with Gasteiger partial charge in [0.25, 0.3) is 5.91 Å². The van der Waals surface area contributed by atoms with E-state index in [1.165, 1.54) is 11.3 Å². The molecule has 1 aliphatic heterocycles. The SMILES string of the molecule is O=C(NC1(C(=O)O)CCCC1)c1ccc(-c2ccc3c(c2)OCCO3)s1. The molecule has 0 bridgehead atoms. The number of benzene rings is 1. The second-order valence-corrected chi connectivity index (χ2v) is 7.65. The van der Waals surface area contributed by atoms with Gasteiger partial charge in [-0.15, -0.1) is 11.3 Å². The second-order valence-electron chi connectivity index (χ2n) is 6.57. The summed E-state index contributed by atoms with van der Waals surface area (Å²) in [6.07, 6.45) is 2.60. The summed E-state index contributed by atoms with van der Waals surface area (Å²) in [5, 5.41) is 12.3. The Balaban J connectivity index is 1.54. The average molecular weight is 373 g/mol. The molecule has 136 valence electrons. The molecule has 1 aromatic heterocycles. The van der Waals surface area contributed by atoms with Crippen LogP contribution in [0.4, 0.5) is 0 Å². The summed E-state index contributed by atoms with van der Waals surface area (Å²) < 4.78 is 11.1. The minimum absolute atomic E-state index is 0.330. The molecule has 1 amide bonds. The minimum Gasteiger partial charge on any atom is -0.486 e. The largest absolute Gasteiger partial charge is 0.486 e. The molecule has 1 fully saturated rings. The third-order valence-electron chi connectivity index (χ3n) is 4.88. The van der Waals surface area contributed by atoms with E-state index in [-0.39, 0.29) is 5.91 Å². The quantitative estimate of drug-likeness (QED) is 0.859. The minimum atomic E-state index is -1.13. The first-order valence-electron chi connectivity index (χ1n) is 8.63. The van der Waals surface area contributed by atoms with Crippen LogP contribution in [0, 0.1) is 0 Å². The predicted molar refractivity (Wildman–Crippen MR) is 97.0 cm³/mol. The lowest BCUT2D eigenvalue weighted by Gasteiger charge is -2.24. The summed E-state index contributed by atoms with van der Waals surface area (Å²) in [5.41, 5.74) is -0.190. The fraction of sp³-hybridized carbons (Fsp3) is 0.368. The summed E-state index contributed by atoms with van der Waals surface area (Å²) >= 11 is 1.34. The molecule has 1 aliphatic carbocycles. The lowest BCUT2D eigenvalue weighted by Crippen LogP contribution is -2.52. The number of carbonyl (C=O) groups excluding carboxylic acids is 1. The van der Waals surface area contributed by atoms with Gasteiger partial charge < -0.3 is 19.9 Å². The van der Waals surface area contributed by atoms with Crippen LogP contribution in [0.3, 0.4) is 0 Å². The Kier molecular flexibility index (Phi) is 4.32. The number of rotatable bonds is 4. The number of carboxylic acid groups (broad SMARTS) is 1. The van der Waals surface area contributed by atoms with Crippen molar-refractivity contribution < 1.29 is 24.2 Å². The first-order valence-corrected chi connectivity index (χ1v) is 9.45. The van der Waals surface area contributed by atoms with Crippen LogP contribution < -0.4 is 14.8 Å². The number of carboxylic acids is 1. The number of nitrogens with one attached hydrogen (secondary N) is 1. The van der Waals surface area contributed by atoms with Gasteiger partial charge in [0.05, 0.1) is 4.88 Å². The second kappa shape index (κ2) is 6.64. The van der Waals surface area contributed by atoms with Gasteiger partial charge in [0.2, 0.25) is 0 Å². The highest BCUT2D eigenvalue weighted by atomic mass is 32.1. The van der Waals surface area contributed by atoms with Crippen molar-refractivity contribution in [3.8, 4) is 21.9 Å². The fourth-order valence-electron chi connectivity index (χ4n) is 3.46. The molecular formula is C19H19NO5S. The van der Waals surface area contributed by atoms with Gasteiger partial charge in [-0.1, -0.05) is 12.8 Å². The zero-order valence-electron chi connectivity index (χ0n) is 14.1. The molecule has 2 aromatic rings. The van der Waals surface area contributed by atoms with Gasteiger partial charge in [-0.25, -0.2) is 4.79 Å². The maximum Gasteiger partial charge on any atom is 0.329 e. The van der Waals surface area contributed by atoms with E-state index in [0.29, 0.717) is 36.7 Å². The van der Waals surface area contributed by atoms with Crippen molar-refractivity contribution in [1.82, 2.24) is 5.32 Å². The van der Waals surface area contributed by atoms with Crippen molar-refractivity contribution in [3.63, 3.8) is 0 Å². The smallest absolute Gasteiger partial charge is 0.329 e. The van der Waals surface area contributed by atoms with E-state index in [1.54, 1.807) is 6.07 Å². The van der Waals surface area contributed by atoms with Gasteiger partial charge in [0.1, 0.15) is 18.8 Å². The first-order chi connectivity index (χ1) is 12.6. The molecule has 1 aromatic carbocycles. The average Bonchev–Trinajstić information content (AvgIpc) is 3.31. The van der Waals surface area contributed by atoms with Crippen LogP contribution in [0.1, 0.15) is 35.4 Å². The molecule has 0 saturated heterocycles. The normalized spacial score (nSPS) is 17.7. The van der Waals surface area contributed by atoms with Crippen LogP contribution in [0.15, 0.2) is 30.3 Å². The Morgan fingerprint density at radius 2 is 1.77 bits per heavy atom. The van der Waals surface area contributed by atoms with Crippen molar-refractivity contribution >= 4 is 23.2 Å². The Bertz CT molecular complexity index is 853. The molecule has 1 saturated carbocycles. The highest BCUT2D eigenvalue weighted by molar-refractivity contribution is 7.17. The lowest BCUT2D eigenvalue weighted by molar-refractivity contribution is -0.144. The van der Waals surface area contributed by atoms with E-state index < -0.39 is 11.5 Å². The van der Waals surface area contributed by atoms with E-state index in [1.807, 2.05) is 24.3 Å². The van der Waals surface area contributed by atoms with Crippen molar-refractivity contribution in [3.05, 3.63) is 35.2 Å². The molecule has 7 heteroatoms. The molecule has 26 heavy (non-hydrogen) atoms. The molecule has 2 N–H and O–H groups in total. The molecular weight excluding hydrogens is 354 g/mol. The van der Waals surface area contributed by atoms with Crippen LogP contribution >= 0.6 is 11.3 Å². The zero-order chi connectivity index (χ0) is 18.1. The van der Waals surface area contributed by atoms with Crippen LogP contribution in [-0.2, 0) is 4.79 Å². The number of aliphatic carboxylic acids is 1. The Hall–Kier alpha value is -2.54. The van der Waals surface area contributed by atoms with Crippen molar-refractivity contribution in [2.45, 2.75) is 31.2 Å². The molecule has 2 aliphatic rings. The summed E-state index contributed by atoms with van der Waals surface area (Å²) in [7, 11) is 0. The van der Waals surface area contributed by atoms with Gasteiger partial charge in [-0.3, -0.25) is 4.79 Å². The van der Waals surface area contributed by atoms with Crippen LogP contribution in [0.5, 0.6) is 11.5 Å². The fourth-order valence-corrected chi connectivity index (χ4v) is 4.36.